The van der Waals surface area contributed by atoms with Crippen LogP contribution in [0.25, 0.3) is 0 Å². The van der Waals surface area contributed by atoms with Crippen LogP contribution in [0.3, 0.4) is 0 Å². The van der Waals surface area contributed by atoms with Crippen LogP contribution in [0.1, 0.15) is 12.0 Å². The maximum Gasteiger partial charge on any atom is 0.410 e. The molecule has 0 N–H and O–H groups in total. The van der Waals surface area contributed by atoms with E-state index in [0.29, 0.717) is 18.5 Å². The van der Waals surface area contributed by atoms with Gasteiger partial charge in [0.15, 0.2) is 0 Å². The predicted octanol–water partition coefficient (Wildman–Crippen LogP) is 1.73. The second-order valence-corrected chi connectivity index (χ2v) is 6.91. The van der Waals surface area contributed by atoms with E-state index in [4.69, 9.17) is 4.74 Å². The average molecular weight is 367 g/mol. The first-order valence-electron chi connectivity index (χ1n) is 7.80. The van der Waals surface area contributed by atoms with Crippen LogP contribution < -0.4 is 0 Å². The van der Waals surface area contributed by atoms with E-state index in [1.54, 1.807) is 31.1 Å². The number of nitrogens with zero attached hydrogens (tertiary/aromatic N) is 3. The molecule has 1 amide bonds. The molecular formula is C16H21N3O5S. The molecule has 9 heteroatoms. The summed E-state index contributed by atoms with van der Waals surface area (Å²) < 4.78 is 5.31. The molecule has 25 heavy (non-hydrogen) atoms. The molecule has 1 unspecified atom stereocenters. The first-order chi connectivity index (χ1) is 11.8. The van der Waals surface area contributed by atoms with E-state index in [0.717, 1.165) is 6.29 Å². The van der Waals surface area contributed by atoms with Crippen molar-refractivity contribution < 1.29 is 19.2 Å². The van der Waals surface area contributed by atoms with Crippen molar-refractivity contribution in [2.45, 2.75) is 30.4 Å². The molecule has 0 aromatic heterocycles. The van der Waals surface area contributed by atoms with Gasteiger partial charge in [0, 0.05) is 23.9 Å². The Balaban J connectivity index is 2.00. The molecule has 1 aliphatic heterocycles. The number of thiol groups is 1. The summed E-state index contributed by atoms with van der Waals surface area (Å²) in [5, 5.41) is 10.6. The van der Waals surface area contributed by atoms with Gasteiger partial charge in [-0.1, -0.05) is 0 Å². The first kappa shape index (κ1) is 19.2. The SMILES string of the molecule is CN(C)C(C=O)[C@H]1C[C@H](S)CN1C(=O)OCc1ccc([N+](=O)[O-])cc1. The summed E-state index contributed by atoms with van der Waals surface area (Å²) in [6.07, 6.45) is 0.915. The second-order valence-electron chi connectivity index (χ2n) is 6.18. The molecule has 0 spiro atoms. The summed E-state index contributed by atoms with van der Waals surface area (Å²) in [5.41, 5.74) is 0.629. The lowest BCUT2D eigenvalue weighted by atomic mass is 10.1. The van der Waals surface area contributed by atoms with Crippen LogP contribution in [0.5, 0.6) is 0 Å². The molecule has 2 rings (SSSR count). The van der Waals surface area contributed by atoms with E-state index >= 15 is 0 Å². The lowest BCUT2D eigenvalue weighted by Crippen LogP contribution is -2.49. The largest absolute Gasteiger partial charge is 0.445 e. The van der Waals surface area contributed by atoms with E-state index in [9.17, 15) is 19.7 Å². The number of likely N-dealkylation sites (tertiary alicyclic amines) is 1. The lowest BCUT2D eigenvalue weighted by molar-refractivity contribution is -0.384. The molecule has 0 bridgehead atoms. The number of hydrogen-bond donors (Lipinski definition) is 1. The molecule has 0 aliphatic carbocycles. The van der Waals surface area contributed by atoms with E-state index in [-0.39, 0.29) is 23.6 Å². The number of rotatable bonds is 6. The number of likely N-dealkylation sites (N-methyl/N-ethyl adjacent to an activating group) is 1. The molecule has 1 aromatic rings. The van der Waals surface area contributed by atoms with Crippen molar-refractivity contribution in [1.82, 2.24) is 9.80 Å². The van der Waals surface area contributed by atoms with Gasteiger partial charge < -0.3 is 14.4 Å². The highest BCUT2D eigenvalue weighted by Gasteiger charge is 2.40. The minimum absolute atomic E-state index is 0.00497. The van der Waals surface area contributed by atoms with Gasteiger partial charge in [0.1, 0.15) is 12.9 Å². The fraction of sp³-hybridized carbons (Fsp3) is 0.500. The number of nitro benzene ring substituents is 1. The van der Waals surface area contributed by atoms with Gasteiger partial charge in [-0.05, 0) is 38.2 Å². The Bertz CT molecular complexity index is 637. The predicted molar refractivity (Wildman–Crippen MR) is 94.7 cm³/mol. The molecular weight excluding hydrogens is 346 g/mol. The molecule has 3 atom stereocenters. The number of nitro groups is 1. The maximum absolute atomic E-state index is 12.4. The minimum atomic E-state index is -0.520. The monoisotopic (exact) mass is 367 g/mol. The van der Waals surface area contributed by atoms with Crippen LogP contribution in [-0.4, -0.2) is 65.1 Å². The van der Waals surface area contributed by atoms with Crippen molar-refractivity contribution in [3.63, 3.8) is 0 Å². The molecule has 8 nitrogen and oxygen atoms in total. The Morgan fingerprint density at radius 3 is 2.64 bits per heavy atom. The maximum atomic E-state index is 12.4. The second kappa shape index (κ2) is 8.30. The van der Waals surface area contributed by atoms with Crippen LogP contribution >= 0.6 is 12.6 Å². The number of carbonyl (C=O) groups is 2. The number of hydrogen-bond acceptors (Lipinski definition) is 7. The van der Waals surface area contributed by atoms with Gasteiger partial charge in [-0.15, -0.1) is 0 Å². The van der Waals surface area contributed by atoms with Crippen LogP contribution in [-0.2, 0) is 16.1 Å². The van der Waals surface area contributed by atoms with Gasteiger partial charge >= 0.3 is 6.09 Å². The highest BCUT2D eigenvalue weighted by Crippen LogP contribution is 2.26. The zero-order valence-electron chi connectivity index (χ0n) is 14.1. The third-order valence-electron chi connectivity index (χ3n) is 4.20. The third kappa shape index (κ3) is 4.70. The molecule has 1 aliphatic rings. The van der Waals surface area contributed by atoms with Crippen LogP contribution in [0.2, 0.25) is 0 Å². The standard InChI is InChI=1S/C16H21N3O5S/c1-17(2)15(9-20)14-7-13(25)8-18(14)16(21)24-10-11-3-5-12(6-4-11)19(22)23/h3-6,9,13-15,25H,7-8,10H2,1-2H3/t13-,14+,15?/m0/s1. The van der Waals surface area contributed by atoms with Crippen LogP contribution in [0.4, 0.5) is 10.5 Å². The fourth-order valence-corrected chi connectivity index (χ4v) is 3.27. The Morgan fingerprint density at radius 1 is 1.48 bits per heavy atom. The number of carbonyl (C=O) groups excluding carboxylic acids is 2. The number of ether oxygens (including phenoxy) is 1. The van der Waals surface area contributed by atoms with Gasteiger partial charge in [-0.25, -0.2) is 4.79 Å². The van der Waals surface area contributed by atoms with Crippen molar-refractivity contribution in [1.29, 1.82) is 0 Å². The van der Waals surface area contributed by atoms with Crippen LogP contribution in [0.15, 0.2) is 24.3 Å². The molecule has 1 heterocycles. The molecule has 136 valence electrons. The summed E-state index contributed by atoms with van der Waals surface area (Å²) in [4.78, 5) is 37.2. The summed E-state index contributed by atoms with van der Waals surface area (Å²) in [6, 6.07) is 5.09. The highest BCUT2D eigenvalue weighted by atomic mass is 32.1. The van der Waals surface area contributed by atoms with Crippen LogP contribution in [0, 0.1) is 10.1 Å². The summed E-state index contributed by atoms with van der Waals surface area (Å²) >= 11 is 4.43. The van der Waals surface area contributed by atoms with E-state index in [1.165, 1.54) is 17.0 Å². The Morgan fingerprint density at radius 2 is 2.12 bits per heavy atom. The topological polar surface area (TPSA) is 93.0 Å². The van der Waals surface area contributed by atoms with Gasteiger partial charge in [0.25, 0.3) is 5.69 Å². The Labute approximate surface area is 151 Å². The van der Waals surface area contributed by atoms with Crippen molar-refractivity contribution in [2.75, 3.05) is 20.6 Å². The summed E-state index contributed by atoms with van der Waals surface area (Å²) in [6.45, 7) is 0.413. The zero-order valence-corrected chi connectivity index (χ0v) is 15.0. The smallest absolute Gasteiger partial charge is 0.410 e. The van der Waals surface area contributed by atoms with Gasteiger partial charge in [0.2, 0.25) is 0 Å². The van der Waals surface area contributed by atoms with Crippen molar-refractivity contribution >= 4 is 30.7 Å². The van der Waals surface area contributed by atoms with Gasteiger partial charge in [0.05, 0.1) is 17.0 Å². The van der Waals surface area contributed by atoms with Crippen molar-refractivity contribution in [2.24, 2.45) is 0 Å². The number of benzene rings is 1. The van der Waals surface area contributed by atoms with E-state index in [1.807, 2.05) is 0 Å². The zero-order chi connectivity index (χ0) is 18.6. The van der Waals surface area contributed by atoms with Gasteiger partial charge in [-0.3, -0.25) is 15.0 Å². The summed E-state index contributed by atoms with van der Waals surface area (Å²) in [7, 11) is 3.57. The highest BCUT2D eigenvalue weighted by molar-refractivity contribution is 7.81. The normalized spacial score (nSPS) is 21.2. The Kier molecular flexibility index (Phi) is 6.38. The summed E-state index contributed by atoms with van der Waals surface area (Å²) in [5.74, 6) is 0. The molecule has 1 saturated heterocycles. The molecule has 0 saturated carbocycles. The number of aldehydes is 1. The minimum Gasteiger partial charge on any atom is -0.445 e. The first-order valence-corrected chi connectivity index (χ1v) is 8.31. The quantitative estimate of drug-likeness (QED) is 0.356. The van der Waals surface area contributed by atoms with Gasteiger partial charge in [-0.2, -0.15) is 12.6 Å². The molecule has 1 aromatic carbocycles. The number of amides is 1. The van der Waals surface area contributed by atoms with E-state index in [2.05, 4.69) is 12.6 Å². The average Bonchev–Trinajstić information content (AvgIpc) is 2.95. The van der Waals surface area contributed by atoms with E-state index < -0.39 is 17.1 Å². The Hall–Kier alpha value is -2.13. The lowest BCUT2D eigenvalue weighted by Gasteiger charge is -2.31. The van der Waals surface area contributed by atoms with Crippen molar-refractivity contribution in [3.8, 4) is 0 Å². The molecule has 0 radical (unpaired) electrons. The third-order valence-corrected chi connectivity index (χ3v) is 4.57. The van der Waals surface area contributed by atoms with Crippen molar-refractivity contribution in [3.05, 3.63) is 39.9 Å². The number of non-ortho nitro benzene ring substituents is 1. The molecule has 1 fully saturated rings. The fourth-order valence-electron chi connectivity index (χ4n) is 2.88.